The molecule has 1 aromatic carbocycles. The quantitative estimate of drug-likeness (QED) is 0.759. The third-order valence-electron chi connectivity index (χ3n) is 3.29. The highest BCUT2D eigenvalue weighted by atomic mass is 19.1. The van der Waals surface area contributed by atoms with E-state index in [1.807, 2.05) is 0 Å². The molecule has 0 radical (unpaired) electrons. The molecule has 0 spiro atoms. The summed E-state index contributed by atoms with van der Waals surface area (Å²) in [7, 11) is 0. The van der Waals surface area contributed by atoms with Crippen molar-refractivity contribution in [3.05, 3.63) is 35.4 Å². The molecule has 1 rings (SSSR count). The van der Waals surface area contributed by atoms with Gasteiger partial charge in [-0.15, -0.1) is 0 Å². The van der Waals surface area contributed by atoms with Gasteiger partial charge < -0.3 is 16.0 Å². The number of hydrogen-bond acceptors (Lipinski definition) is 3. The van der Waals surface area contributed by atoms with Crippen LogP contribution in [-0.4, -0.2) is 37.6 Å². The summed E-state index contributed by atoms with van der Waals surface area (Å²) >= 11 is 0. The molecule has 0 aliphatic rings. The first kappa shape index (κ1) is 16.0. The van der Waals surface area contributed by atoms with Crippen LogP contribution in [0, 0.1) is 11.6 Å². The van der Waals surface area contributed by atoms with Crippen LogP contribution in [-0.2, 0) is 0 Å². The van der Waals surface area contributed by atoms with Gasteiger partial charge in [0, 0.05) is 37.3 Å². The van der Waals surface area contributed by atoms with Crippen molar-refractivity contribution < 1.29 is 8.78 Å². The zero-order valence-corrected chi connectivity index (χ0v) is 11.6. The minimum absolute atomic E-state index is 0.279. The third kappa shape index (κ3) is 4.86. The fraction of sp³-hybridized carbons (Fsp3) is 0.571. The van der Waals surface area contributed by atoms with Crippen LogP contribution in [0.2, 0.25) is 0 Å². The molecule has 5 heteroatoms. The van der Waals surface area contributed by atoms with Crippen LogP contribution in [0.4, 0.5) is 8.78 Å². The number of benzene rings is 1. The lowest BCUT2D eigenvalue weighted by molar-refractivity contribution is 0.296. The molecule has 0 heterocycles. The van der Waals surface area contributed by atoms with Gasteiger partial charge in [0.05, 0.1) is 0 Å². The molecule has 3 N–H and O–H groups in total. The number of likely N-dealkylation sites (N-methyl/N-ethyl adjacent to an activating group) is 1. The van der Waals surface area contributed by atoms with Gasteiger partial charge in [0.2, 0.25) is 0 Å². The van der Waals surface area contributed by atoms with Gasteiger partial charge in [-0.1, -0.05) is 19.9 Å². The van der Waals surface area contributed by atoms with E-state index in [1.165, 1.54) is 12.1 Å². The second kappa shape index (κ2) is 8.19. The van der Waals surface area contributed by atoms with Crippen molar-refractivity contribution in [2.75, 3.05) is 32.7 Å². The molecule has 0 aliphatic carbocycles. The SMILES string of the molecule is CCN(CC)CCNC(CN)c1ccc(F)cc1F. The Morgan fingerprint density at radius 1 is 1.26 bits per heavy atom. The number of nitrogens with one attached hydrogen (secondary N) is 1. The van der Waals surface area contributed by atoms with Crippen LogP contribution < -0.4 is 11.1 Å². The Labute approximate surface area is 113 Å². The van der Waals surface area contributed by atoms with Crippen molar-refractivity contribution >= 4 is 0 Å². The first-order valence-corrected chi connectivity index (χ1v) is 6.73. The summed E-state index contributed by atoms with van der Waals surface area (Å²) in [4.78, 5) is 2.27. The third-order valence-corrected chi connectivity index (χ3v) is 3.29. The molecule has 0 aromatic heterocycles. The normalized spacial score (nSPS) is 12.9. The largest absolute Gasteiger partial charge is 0.329 e. The molecule has 3 nitrogen and oxygen atoms in total. The predicted octanol–water partition coefficient (Wildman–Crippen LogP) is 1.90. The number of rotatable bonds is 8. The van der Waals surface area contributed by atoms with E-state index in [1.54, 1.807) is 0 Å². The van der Waals surface area contributed by atoms with Crippen LogP contribution in [0.15, 0.2) is 18.2 Å². The van der Waals surface area contributed by atoms with E-state index in [0.29, 0.717) is 5.56 Å². The Hall–Kier alpha value is -1.04. The number of nitrogens with zero attached hydrogens (tertiary/aromatic N) is 1. The summed E-state index contributed by atoms with van der Waals surface area (Å²) < 4.78 is 26.5. The lowest BCUT2D eigenvalue weighted by Gasteiger charge is -2.22. The standard InChI is InChI=1S/C14H23F2N3/c1-3-19(4-2)8-7-18-14(10-17)12-6-5-11(15)9-13(12)16/h5-6,9,14,18H,3-4,7-8,10,17H2,1-2H3. The van der Waals surface area contributed by atoms with Gasteiger partial charge in [-0.05, 0) is 19.2 Å². The Kier molecular flexibility index (Phi) is 6.91. The summed E-state index contributed by atoms with van der Waals surface area (Å²) in [6, 6.07) is 3.32. The Morgan fingerprint density at radius 2 is 1.95 bits per heavy atom. The van der Waals surface area contributed by atoms with Crippen LogP contribution in [0.5, 0.6) is 0 Å². The van der Waals surface area contributed by atoms with Crippen molar-refractivity contribution in [3.8, 4) is 0 Å². The molecule has 1 aromatic rings. The molecule has 19 heavy (non-hydrogen) atoms. The maximum Gasteiger partial charge on any atom is 0.130 e. The smallest absolute Gasteiger partial charge is 0.130 e. The topological polar surface area (TPSA) is 41.3 Å². The summed E-state index contributed by atoms with van der Waals surface area (Å²) in [5.41, 5.74) is 6.08. The van der Waals surface area contributed by atoms with Crippen molar-refractivity contribution in [3.63, 3.8) is 0 Å². The monoisotopic (exact) mass is 271 g/mol. The molecule has 0 aliphatic heterocycles. The van der Waals surface area contributed by atoms with Crippen molar-refractivity contribution in [1.29, 1.82) is 0 Å². The molecule has 1 unspecified atom stereocenters. The number of hydrogen-bond donors (Lipinski definition) is 2. The average Bonchev–Trinajstić information content (AvgIpc) is 2.40. The second-order valence-electron chi connectivity index (χ2n) is 4.44. The van der Waals surface area contributed by atoms with Gasteiger partial charge in [-0.2, -0.15) is 0 Å². The highest BCUT2D eigenvalue weighted by molar-refractivity contribution is 5.22. The van der Waals surface area contributed by atoms with E-state index in [9.17, 15) is 8.78 Å². The molecule has 108 valence electrons. The zero-order valence-electron chi connectivity index (χ0n) is 11.6. The highest BCUT2D eigenvalue weighted by Gasteiger charge is 2.14. The van der Waals surface area contributed by atoms with Crippen LogP contribution in [0.1, 0.15) is 25.5 Å². The summed E-state index contributed by atoms with van der Waals surface area (Å²) in [6.45, 7) is 8.05. The minimum atomic E-state index is -0.569. The summed E-state index contributed by atoms with van der Waals surface area (Å²) in [6.07, 6.45) is 0. The first-order valence-electron chi connectivity index (χ1n) is 6.73. The van der Waals surface area contributed by atoms with Crippen molar-refractivity contribution in [1.82, 2.24) is 10.2 Å². The van der Waals surface area contributed by atoms with Gasteiger partial charge in [0.25, 0.3) is 0 Å². The predicted molar refractivity (Wildman–Crippen MR) is 73.9 cm³/mol. The molecule has 0 saturated heterocycles. The van der Waals surface area contributed by atoms with Gasteiger partial charge in [-0.3, -0.25) is 0 Å². The van der Waals surface area contributed by atoms with E-state index >= 15 is 0 Å². The Balaban J connectivity index is 2.58. The lowest BCUT2D eigenvalue weighted by atomic mass is 10.1. The van der Waals surface area contributed by atoms with E-state index in [-0.39, 0.29) is 12.6 Å². The van der Waals surface area contributed by atoms with Crippen LogP contribution >= 0.6 is 0 Å². The highest BCUT2D eigenvalue weighted by Crippen LogP contribution is 2.17. The number of halogens is 2. The molecule has 0 amide bonds. The maximum absolute atomic E-state index is 13.7. The summed E-state index contributed by atoms with van der Waals surface area (Å²) in [5, 5.41) is 3.22. The van der Waals surface area contributed by atoms with Crippen molar-refractivity contribution in [2.24, 2.45) is 5.73 Å². The number of nitrogens with two attached hydrogens (primary N) is 1. The summed E-state index contributed by atoms with van der Waals surface area (Å²) in [5.74, 6) is -1.12. The van der Waals surface area contributed by atoms with Gasteiger partial charge in [0.1, 0.15) is 11.6 Å². The van der Waals surface area contributed by atoms with Gasteiger partial charge >= 0.3 is 0 Å². The van der Waals surface area contributed by atoms with E-state index in [2.05, 4.69) is 24.1 Å². The van der Waals surface area contributed by atoms with Crippen LogP contribution in [0.25, 0.3) is 0 Å². The molecular formula is C14H23F2N3. The molecular weight excluding hydrogens is 248 g/mol. The zero-order chi connectivity index (χ0) is 14.3. The van der Waals surface area contributed by atoms with Crippen LogP contribution in [0.3, 0.4) is 0 Å². The van der Waals surface area contributed by atoms with E-state index < -0.39 is 11.6 Å². The van der Waals surface area contributed by atoms with Gasteiger partial charge in [0.15, 0.2) is 0 Å². The van der Waals surface area contributed by atoms with Crippen molar-refractivity contribution in [2.45, 2.75) is 19.9 Å². The van der Waals surface area contributed by atoms with E-state index in [4.69, 9.17) is 5.73 Å². The van der Waals surface area contributed by atoms with Gasteiger partial charge in [-0.25, -0.2) is 8.78 Å². The average molecular weight is 271 g/mol. The molecule has 0 bridgehead atoms. The lowest BCUT2D eigenvalue weighted by Crippen LogP contribution is -2.36. The first-order chi connectivity index (χ1) is 9.12. The minimum Gasteiger partial charge on any atom is -0.329 e. The molecule has 0 saturated carbocycles. The fourth-order valence-electron chi connectivity index (χ4n) is 2.04. The maximum atomic E-state index is 13.7. The molecule has 0 fully saturated rings. The molecule has 1 atom stereocenters. The fourth-order valence-corrected chi connectivity index (χ4v) is 2.04. The second-order valence-corrected chi connectivity index (χ2v) is 4.44. The Morgan fingerprint density at radius 3 is 2.47 bits per heavy atom. The Bertz CT molecular complexity index is 381. The van der Waals surface area contributed by atoms with E-state index in [0.717, 1.165) is 32.2 Å².